The average Bonchev–Trinajstić information content (AvgIpc) is 3.29. The van der Waals surface area contributed by atoms with Crippen LogP contribution in [-0.2, 0) is 9.73 Å². The van der Waals surface area contributed by atoms with Gasteiger partial charge in [0.05, 0.1) is 11.3 Å². The molecular weight excluding hydrogens is 328 g/mol. The van der Waals surface area contributed by atoms with Gasteiger partial charge in [0.25, 0.3) is 11.5 Å². The Balaban J connectivity index is 1.65. The van der Waals surface area contributed by atoms with Crippen LogP contribution in [0.3, 0.4) is 0 Å². The SMILES string of the molecule is N=S1(=O)CCCC2(CCCN2C(=O)c2cnc(C3CC3)[nH]c2=O)C1. The standard InChI is InChI=1S/C16H22N4O3S/c17-24(23)8-2-6-16(10-24)5-1-7-20(16)15(22)12-9-18-13(11-3-4-11)19-14(12)21/h9,11,17H,1-8,10H2,(H,18,19,21). The molecular formula is C16H22N4O3S. The summed E-state index contributed by atoms with van der Waals surface area (Å²) in [4.78, 5) is 34.0. The smallest absolute Gasteiger partial charge is 0.263 e. The summed E-state index contributed by atoms with van der Waals surface area (Å²) < 4.78 is 20.3. The van der Waals surface area contributed by atoms with E-state index < -0.39 is 15.3 Å². The number of aromatic nitrogens is 2. The van der Waals surface area contributed by atoms with Gasteiger partial charge in [0.1, 0.15) is 11.4 Å². The number of likely N-dealkylation sites (tertiary alicyclic amines) is 1. The fraction of sp³-hybridized carbons (Fsp3) is 0.688. The predicted molar refractivity (Wildman–Crippen MR) is 89.7 cm³/mol. The summed E-state index contributed by atoms with van der Waals surface area (Å²) in [6.45, 7) is 0.554. The molecule has 1 saturated carbocycles. The summed E-state index contributed by atoms with van der Waals surface area (Å²) in [5.41, 5.74) is -0.848. The van der Waals surface area contributed by atoms with Crippen molar-refractivity contribution in [3.63, 3.8) is 0 Å². The van der Waals surface area contributed by atoms with Crippen LogP contribution in [0.2, 0.25) is 0 Å². The first-order chi connectivity index (χ1) is 11.4. The minimum absolute atomic E-state index is 0.0581. The molecule has 130 valence electrons. The summed E-state index contributed by atoms with van der Waals surface area (Å²) in [7, 11) is -2.64. The highest BCUT2D eigenvalue weighted by atomic mass is 32.2. The lowest BCUT2D eigenvalue weighted by Crippen LogP contribution is -2.54. The number of rotatable bonds is 2. The average molecular weight is 350 g/mol. The second kappa shape index (κ2) is 5.40. The Labute approximate surface area is 140 Å². The quantitative estimate of drug-likeness (QED) is 0.842. The fourth-order valence-electron chi connectivity index (χ4n) is 4.15. The molecule has 3 aliphatic rings. The van der Waals surface area contributed by atoms with E-state index in [0.29, 0.717) is 30.5 Å². The van der Waals surface area contributed by atoms with E-state index in [1.165, 1.54) is 6.20 Å². The summed E-state index contributed by atoms with van der Waals surface area (Å²) >= 11 is 0. The Bertz CT molecular complexity index is 843. The molecule has 7 nitrogen and oxygen atoms in total. The molecule has 3 heterocycles. The molecule has 1 aromatic rings. The Hall–Kier alpha value is -1.70. The third kappa shape index (κ3) is 2.66. The van der Waals surface area contributed by atoms with Crippen molar-refractivity contribution >= 4 is 15.6 Å². The molecule has 0 aromatic carbocycles. The highest BCUT2D eigenvalue weighted by Crippen LogP contribution is 2.39. The number of hydrogen-bond acceptors (Lipinski definition) is 5. The molecule has 0 radical (unpaired) electrons. The van der Waals surface area contributed by atoms with Crippen molar-refractivity contribution in [1.82, 2.24) is 14.9 Å². The van der Waals surface area contributed by atoms with E-state index in [1.54, 1.807) is 4.90 Å². The van der Waals surface area contributed by atoms with Gasteiger partial charge in [0.15, 0.2) is 0 Å². The summed E-state index contributed by atoms with van der Waals surface area (Å²) in [6, 6.07) is 0. The van der Waals surface area contributed by atoms with Crippen LogP contribution in [0.25, 0.3) is 0 Å². The van der Waals surface area contributed by atoms with E-state index in [4.69, 9.17) is 4.78 Å². The van der Waals surface area contributed by atoms with Crippen LogP contribution in [-0.4, -0.2) is 48.6 Å². The molecule has 2 saturated heterocycles. The van der Waals surface area contributed by atoms with E-state index in [-0.39, 0.29) is 22.8 Å². The Morgan fingerprint density at radius 1 is 1.38 bits per heavy atom. The van der Waals surface area contributed by atoms with Crippen LogP contribution in [0.15, 0.2) is 11.0 Å². The number of hydrogen-bond donors (Lipinski definition) is 2. The number of carbonyl (C=O) groups is 1. The Morgan fingerprint density at radius 3 is 2.79 bits per heavy atom. The molecule has 1 amide bonds. The van der Waals surface area contributed by atoms with E-state index in [2.05, 4.69) is 9.97 Å². The minimum Gasteiger partial charge on any atom is -0.332 e. The molecule has 1 spiro atoms. The summed E-state index contributed by atoms with van der Waals surface area (Å²) in [5.74, 6) is 1.30. The fourth-order valence-corrected chi connectivity index (χ4v) is 6.22. The van der Waals surface area contributed by atoms with Gasteiger partial charge in [-0.2, -0.15) is 0 Å². The molecule has 4 rings (SSSR count). The van der Waals surface area contributed by atoms with Crippen LogP contribution < -0.4 is 5.56 Å². The second-order valence-corrected chi connectivity index (χ2v) is 9.65. The molecule has 1 aliphatic carbocycles. The third-order valence-corrected chi connectivity index (χ3v) is 7.42. The number of carbonyl (C=O) groups excluding carboxylic acids is 1. The first-order valence-corrected chi connectivity index (χ1v) is 10.5. The largest absolute Gasteiger partial charge is 0.332 e. The topological polar surface area (TPSA) is 107 Å². The van der Waals surface area contributed by atoms with Gasteiger partial charge < -0.3 is 9.88 Å². The molecule has 8 heteroatoms. The summed E-state index contributed by atoms with van der Waals surface area (Å²) in [6.07, 6.45) is 6.50. The van der Waals surface area contributed by atoms with Gasteiger partial charge in [-0.1, -0.05) is 0 Å². The lowest BCUT2D eigenvalue weighted by atomic mass is 9.92. The maximum absolute atomic E-state index is 13.0. The van der Waals surface area contributed by atoms with Gasteiger partial charge in [0, 0.05) is 34.1 Å². The van der Waals surface area contributed by atoms with Crippen LogP contribution in [0.1, 0.15) is 60.6 Å². The van der Waals surface area contributed by atoms with Gasteiger partial charge in [-0.05, 0) is 38.5 Å². The molecule has 2 N–H and O–H groups in total. The first kappa shape index (κ1) is 15.8. The summed E-state index contributed by atoms with van der Waals surface area (Å²) in [5, 5.41) is 0. The first-order valence-electron chi connectivity index (χ1n) is 8.56. The normalized spacial score (nSPS) is 33.1. The van der Waals surface area contributed by atoms with Gasteiger partial charge >= 0.3 is 0 Å². The van der Waals surface area contributed by atoms with Crippen molar-refractivity contribution in [2.75, 3.05) is 18.1 Å². The van der Waals surface area contributed by atoms with Crippen molar-refractivity contribution in [2.45, 2.75) is 50.0 Å². The van der Waals surface area contributed by atoms with Crippen LogP contribution in [0.4, 0.5) is 0 Å². The molecule has 2 atom stereocenters. The van der Waals surface area contributed by atoms with E-state index >= 15 is 0 Å². The highest BCUT2D eigenvalue weighted by molar-refractivity contribution is 7.92. The molecule has 3 fully saturated rings. The van der Waals surface area contributed by atoms with Gasteiger partial charge in [0.2, 0.25) is 0 Å². The van der Waals surface area contributed by atoms with Crippen molar-refractivity contribution < 1.29 is 9.00 Å². The molecule has 2 aliphatic heterocycles. The second-order valence-electron chi connectivity index (χ2n) is 7.33. The number of H-pyrrole nitrogens is 1. The van der Waals surface area contributed by atoms with E-state index in [0.717, 1.165) is 32.1 Å². The maximum atomic E-state index is 13.0. The van der Waals surface area contributed by atoms with Crippen molar-refractivity contribution in [3.05, 3.63) is 27.9 Å². The van der Waals surface area contributed by atoms with E-state index in [9.17, 15) is 13.8 Å². The van der Waals surface area contributed by atoms with E-state index in [1.807, 2.05) is 0 Å². The zero-order valence-electron chi connectivity index (χ0n) is 13.5. The monoisotopic (exact) mass is 350 g/mol. The minimum atomic E-state index is -2.64. The molecule has 24 heavy (non-hydrogen) atoms. The van der Waals surface area contributed by atoms with Gasteiger partial charge in [-0.3, -0.25) is 14.4 Å². The Morgan fingerprint density at radius 2 is 2.12 bits per heavy atom. The van der Waals surface area contributed by atoms with Crippen LogP contribution in [0, 0.1) is 4.78 Å². The lowest BCUT2D eigenvalue weighted by molar-refractivity contribution is 0.0606. The van der Waals surface area contributed by atoms with Crippen molar-refractivity contribution in [1.29, 1.82) is 4.78 Å². The molecule has 1 aromatic heterocycles. The Kier molecular flexibility index (Phi) is 3.56. The van der Waals surface area contributed by atoms with Crippen LogP contribution >= 0.6 is 0 Å². The van der Waals surface area contributed by atoms with Crippen molar-refractivity contribution in [2.24, 2.45) is 0 Å². The maximum Gasteiger partial charge on any atom is 0.263 e. The number of amides is 1. The molecule has 0 bridgehead atoms. The third-order valence-electron chi connectivity index (χ3n) is 5.47. The predicted octanol–water partition coefficient (Wildman–Crippen LogP) is 1.46. The van der Waals surface area contributed by atoms with Crippen LogP contribution in [0.5, 0.6) is 0 Å². The lowest BCUT2D eigenvalue weighted by Gasteiger charge is -2.41. The number of nitrogens with zero attached hydrogens (tertiary/aromatic N) is 2. The number of nitrogens with one attached hydrogen (secondary N) is 2. The van der Waals surface area contributed by atoms with Crippen molar-refractivity contribution in [3.8, 4) is 0 Å². The van der Waals surface area contributed by atoms with Gasteiger partial charge in [-0.15, -0.1) is 0 Å². The highest BCUT2D eigenvalue weighted by Gasteiger charge is 2.47. The van der Waals surface area contributed by atoms with Gasteiger partial charge in [-0.25, -0.2) is 9.19 Å². The zero-order valence-corrected chi connectivity index (χ0v) is 14.4. The zero-order chi connectivity index (χ0) is 16.9. The molecule has 2 unspecified atom stereocenters. The number of aromatic amines is 1.